The average molecular weight is 476 g/mol. The van der Waals surface area contributed by atoms with Crippen LogP contribution in [0.2, 0.25) is 0 Å². The SMILES string of the molecule is CCOC(=O)c1c(C)[nH]c(C)c1S(=O)(=O)N1CCC[C@@H](C(=O)Nc2ccc(C(C)=O)cc2)C1. The number of amides is 1. The number of nitrogens with one attached hydrogen (secondary N) is 2. The number of ether oxygens (including phenoxy) is 1. The summed E-state index contributed by atoms with van der Waals surface area (Å²) in [6, 6.07) is 6.54. The normalized spacial score (nSPS) is 16.9. The highest BCUT2D eigenvalue weighted by molar-refractivity contribution is 7.89. The summed E-state index contributed by atoms with van der Waals surface area (Å²) >= 11 is 0. The molecule has 1 saturated heterocycles. The van der Waals surface area contributed by atoms with Gasteiger partial charge in [0, 0.05) is 35.7 Å². The summed E-state index contributed by atoms with van der Waals surface area (Å²) < 4.78 is 33.4. The van der Waals surface area contributed by atoms with E-state index in [9.17, 15) is 22.8 Å². The lowest BCUT2D eigenvalue weighted by atomic mass is 9.98. The lowest BCUT2D eigenvalue weighted by Crippen LogP contribution is -2.44. The summed E-state index contributed by atoms with van der Waals surface area (Å²) in [7, 11) is -4.04. The number of piperidine rings is 1. The van der Waals surface area contributed by atoms with E-state index in [1.165, 1.54) is 11.2 Å². The van der Waals surface area contributed by atoms with Crippen LogP contribution in [0.4, 0.5) is 5.69 Å². The van der Waals surface area contributed by atoms with E-state index in [4.69, 9.17) is 4.74 Å². The Morgan fingerprint density at radius 2 is 1.82 bits per heavy atom. The molecule has 0 aliphatic carbocycles. The number of hydrogen-bond donors (Lipinski definition) is 2. The second-order valence-electron chi connectivity index (χ2n) is 8.12. The van der Waals surface area contributed by atoms with Crippen LogP contribution in [0.25, 0.3) is 0 Å². The molecule has 1 aromatic heterocycles. The lowest BCUT2D eigenvalue weighted by molar-refractivity contribution is -0.120. The molecule has 1 aliphatic heterocycles. The summed E-state index contributed by atoms with van der Waals surface area (Å²) in [6.45, 7) is 6.73. The van der Waals surface area contributed by atoms with Crippen LogP contribution in [0, 0.1) is 19.8 Å². The van der Waals surface area contributed by atoms with Crippen LogP contribution in [0.3, 0.4) is 0 Å². The molecule has 1 amide bonds. The molecule has 3 rings (SSSR count). The van der Waals surface area contributed by atoms with E-state index >= 15 is 0 Å². The first-order valence-electron chi connectivity index (χ1n) is 10.8. The van der Waals surface area contributed by atoms with Crippen molar-refractivity contribution < 1.29 is 27.5 Å². The second-order valence-corrected chi connectivity index (χ2v) is 10.00. The second kappa shape index (κ2) is 9.88. The monoisotopic (exact) mass is 475 g/mol. The largest absolute Gasteiger partial charge is 0.462 e. The van der Waals surface area contributed by atoms with Gasteiger partial charge in [0.2, 0.25) is 15.9 Å². The Bertz CT molecular complexity index is 1170. The van der Waals surface area contributed by atoms with Crippen LogP contribution in [0.5, 0.6) is 0 Å². The van der Waals surface area contributed by atoms with E-state index < -0.39 is 21.9 Å². The van der Waals surface area contributed by atoms with Crippen LogP contribution in [0.1, 0.15) is 58.8 Å². The van der Waals surface area contributed by atoms with Gasteiger partial charge >= 0.3 is 5.97 Å². The Hall–Kier alpha value is -2.98. The van der Waals surface area contributed by atoms with Gasteiger partial charge in [-0.3, -0.25) is 9.59 Å². The third-order valence-corrected chi connectivity index (χ3v) is 7.75. The number of esters is 1. The Balaban J connectivity index is 1.80. The number of nitrogens with zero attached hydrogens (tertiary/aromatic N) is 1. The quantitative estimate of drug-likeness (QED) is 0.468. The number of hydrogen-bond acceptors (Lipinski definition) is 6. The van der Waals surface area contributed by atoms with E-state index in [0.717, 1.165) is 0 Å². The maximum Gasteiger partial charge on any atom is 0.341 e. The van der Waals surface area contributed by atoms with Crippen molar-refractivity contribution in [1.29, 1.82) is 0 Å². The molecule has 0 bridgehead atoms. The van der Waals surface area contributed by atoms with Crippen molar-refractivity contribution in [3.05, 3.63) is 46.8 Å². The first-order valence-corrected chi connectivity index (χ1v) is 12.3. The number of Topliss-reactive ketones (excluding diaryl/α,β-unsaturated/α-hetero) is 1. The molecule has 9 nitrogen and oxygen atoms in total. The number of carbonyl (C=O) groups is 3. The molecule has 0 spiro atoms. The molecular weight excluding hydrogens is 446 g/mol. The third-order valence-electron chi connectivity index (χ3n) is 5.71. The number of ketones is 1. The molecule has 2 heterocycles. The molecule has 2 aromatic rings. The number of aromatic amines is 1. The summed E-state index contributed by atoms with van der Waals surface area (Å²) in [4.78, 5) is 39.6. The maximum absolute atomic E-state index is 13.5. The molecule has 178 valence electrons. The molecule has 2 N–H and O–H groups in total. The van der Waals surface area contributed by atoms with E-state index in [1.54, 1.807) is 45.0 Å². The Kier molecular flexibility index (Phi) is 7.38. The van der Waals surface area contributed by atoms with Gasteiger partial charge < -0.3 is 15.0 Å². The van der Waals surface area contributed by atoms with Crippen LogP contribution >= 0.6 is 0 Å². The first-order chi connectivity index (χ1) is 15.6. The summed E-state index contributed by atoms with van der Waals surface area (Å²) in [6.07, 6.45) is 1.05. The molecule has 10 heteroatoms. The first kappa shape index (κ1) is 24.7. The predicted molar refractivity (Wildman–Crippen MR) is 123 cm³/mol. The topological polar surface area (TPSA) is 126 Å². The molecule has 1 fully saturated rings. The fraction of sp³-hybridized carbons (Fsp3) is 0.435. The van der Waals surface area contributed by atoms with Gasteiger partial charge in [-0.2, -0.15) is 4.31 Å². The molecular formula is C23H29N3O6S. The standard InChI is InChI=1S/C23H29N3O6S/c1-5-32-23(29)20-14(2)24-15(3)21(20)33(30,31)26-12-6-7-18(13-26)22(28)25-19-10-8-17(9-11-19)16(4)27/h8-11,18,24H,5-7,12-13H2,1-4H3,(H,25,28)/t18-/m1/s1. The van der Waals surface area contributed by atoms with Crippen molar-refractivity contribution in [2.45, 2.75) is 45.4 Å². The summed E-state index contributed by atoms with van der Waals surface area (Å²) in [5.74, 6) is -1.61. The molecule has 1 atom stereocenters. The highest BCUT2D eigenvalue weighted by Crippen LogP contribution is 2.31. The Morgan fingerprint density at radius 3 is 2.42 bits per heavy atom. The van der Waals surface area contributed by atoms with E-state index in [1.807, 2.05) is 0 Å². The number of carbonyl (C=O) groups excluding carboxylic acids is 3. The number of aromatic nitrogens is 1. The average Bonchev–Trinajstić information content (AvgIpc) is 3.08. The van der Waals surface area contributed by atoms with E-state index in [0.29, 0.717) is 35.5 Å². The molecule has 33 heavy (non-hydrogen) atoms. The maximum atomic E-state index is 13.5. The van der Waals surface area contributed by atoms with Gasteiger partial charge in [-0.05, 0) is 64.8 Å². The Labute approximate surface area is 193 Å². The van der Waals surface area contributed by atoms with Crippen molar-refractivity contribution in [3.8, 4) is 0 Å². The van der Waals surface area contributed by atoms with E-state index in [2.05, 4.69) is 10.3 Å². The van der Waals surface area contributed by atoms with Crippen molar-refractivity contribution in [2.75, 3.05) is 25.0 Å². The van der Waals surface area contributed by atoms with Crippen molar-refractivity contribution in [2.24, 2.45) is 5.92 Å². The number of aryl methyl sites for hydroxylation is 2. The van der Waals surface area contributed by atoms with Crippen molar-refractivity contribution in [3.63, 3.8) is 0 Å². The number of rotatable bonds is 7. The highest BCUT2D eigenvalue weighted by atomic mass is 32.2. The summed E-state index contributed by atoms with van der Waals surface area (Å²) in [5, 5.41) is 2.80. The fourth-order valence-electron chi connectivity index (χ4n) is 4.07. The molecule has 0 radical (unpaired) electrons. The number of H-pyrrole nitrogens is 1. The van der Waals surface area contributed by atoms with Gasteiger partial charge in [0.05, 0.1) is 12.5 Å². The molecule has 0 saturated carbocycles. The van der Waals surface area contributed by atoms with Gasteiger partial charge in [0.15, 0.2) is 5.78 Å². The number of anilines is 1. The van der Waals surface area contributed by atoms with Crippen LogP contribution in [0.15, 0.2) is 29.2 Å². The van der Waals surface area contributed by atoms with Gasteiger partial charge in [-0.25, -0.2) is 13.2 Å². The van der Waals surface area contributed by atoms with Crippen LogP contribution < -0.4 is 5.32 Å². The predicted octanol–water partition coefficient (Wildman–Crippen LogP) is 3.05. The number of benzene rings is 1. The molecule has 0 unspecified atom stereocenters. The number of sulfonamides is 1. The van der Waals surface area contributed by atoms with Gasteiger partial charge in [-0.1, -0.05) is 0 Å². The van der Waals surface area contributed by atoms with Crippen molar-refractivity contribution >= 4 is 33.4 Å². The van der Waals surface area contributed by atoms with Crippen LogP contribution in [-0.4, -0.2) is 55.1 Å². The van der Waals surface area contributed by atoms with Crippen molar-refractivity contribution in [1.82, 2.24) is 9.29 Å². The van der Waals surface area contributed by atoms with E-state index in [-0.39, 0.29) is 41.8 Å². The minimum Gasteiger partial charge on any atom is -0.462 e. The third kappa shape index (κ3) is 5.17. The lowest BCUT2D eigenvalue weighted by Gasteiger charge is -2.31. The van der Waals surface area contributed by atoms with Crippen LogP contribution in [-0.2, 0) is 19.6 Å². The van der Waals surface area contributed by atoms with Gasteiger partial charge in [0.25, 0.3) is 0 Å². The zero-order valence-corrected chi connectivity index (χ0v) is 20.0. The fourth-order valence-corrected chi connectivity index (χ4v) is 6.00. The zero-order chi connectivity index (χ0) is 24.3. The summed E-state index contributed by atoms with van der Waals surface area (Å²) in [5.41, 5.74) is 1.85. The zero-order valence-electron chi connectivity index (χ0n) is 19.2. The molecule has 1 aliphatic rings. The highest BCUT2D eigenvalue weighted by Gasteiger charge is 2.38. The van der Waals surface area contributed by atoms with Gasteiger partial charge in [-0.15, -0.1) is 0 Å². The minimum absolute atomic E-state index is 0.00558. The van der Waals surface area contributed by atoms with Gasteiger partial charge in [0.1, 0.15) is 10.5 Å². The Morgan fingerprint density at radius 1 is 1.15 bits per heavy atom. The smallest absolute Gasteiger partial charge is 0.341 e. The minimum atomic E-state index is -4.04. The molecule has 1 aromatic carbocycles.